The van der Waals surface area contributed by atoms with Gasteiger partial charge in [-0.1, -0.05) is 26.0 Å². The number of hydrogen-bond acceptors (Lipinski definition) is 5. The molecule has 120 valence electrons. The molecular formula is C16H21NO5. The molecule has 0 heterocycles. The van der Waals surface area contributed by atoms with E-state index in [0.29, 0.717) is 25.0 Å². The standard InChI is InChI=1S/C16H21NO5/c1-4-14(18)17-13(16(20)21-3)10-11-6-8-12(9-7-11)22-15(19)5-2/h6-9,13H,4-5,10H2,1-3H3,(H,17,18)/t13-/m0/s1. The molecule has 0 aromatic heterocycles. The maximum absolute atomic E-state index is 11.7. The highest BCUT2D eigenvalue weighted by Gasteiger charge is 2.21. The smallest absolute Gasteiger partial charge is 0.328 e. The van der Waals surface area contributed by atoms with E-state index in [0.717, 1.165) is 5.56 Å². The third kappa shape index (κ3) is 5.55. The second-order valence-corrected chi connectivity index (χ2v) is 4.67. The fourth-order valence-corrected chi connectivity index (χ4v) is 1.76. The van der Waals surface area contributed by atoms with E-state index in [9.17, 15) is 14.4 Å². The van der Waals surface area contributed by atoms with Crippen molar-refractivity contribution in [3.63, 3.8) is 0 Å². The largest absolute Gasteiger partial charge is 0.467 e. The third-order valence-corrected chi connectivity index (χ3v) is 3.03. The molecule has 1 rings (SSSR count). The summed E-state index contributed by atoms with van der Waals surface area (Å²) in [6.07, 6.45) is 0.898. The van der Waals surface area contributed by atoms with Gasteiger partial charge in [-0.15, -0.1) is 0 Å². The van der Waals surface area contributed by atoms with Gasteiger partial charge in [-0.25, -0.2) is 4.79 Å². The normalized spacial score (nSPS) is 11.4. The highest BCUT2D eigenvalue weighted by molar-refractivity contribution is 5.84. The molecule has 0 saturated carbocycles. The Balaban J connectivity index is 2.74. The average molecular weight is 307 g/mol. The zero-order chi connectivity index (χ0) is 16.5. The molecule has 0 aliphatic carbocycles. The number of nitrogens with one attached hydrogen (secondary N) is 1. The summed E-state index contributed by atoms with van der Waals surface area (Å²) in [7, 11) is 1.28. The van der Waals surface area contributed by atoms with Gasteiger partial charge in [0, 0.05) is 19.3 Å². The fraction of sp³-hybridized carbons (Fsp3) is 0.438. The number of rotatable bonds is 7. The van der Waals surface area contributed by atoms with E-state index in [2.05, 4.69) is 5.32 Å². The Morgan fingerprint density at radius 2 is 1.73 bits per heavy atom. The van der Waals surface area contributed by atoms with Crippen molar-refractivity contribution in [1.29, 1.82) is 0 Å². The topological polar surface area (TPSA) is 81.7 Å². The molecule has 0 radical (unpaired) electrons. The van der Waals surface area contributed by atoms with Gasteiger partial charge in [0.25, 0.3) is 0 Å². The molecule has 0 unspecified atom stereocenters. The Kier molecular flexibility index (Phi) is 7.08. The molecule has 0 aliphatic rings. The van der Waals surface area contributed by atoms with Gasteiger partial charge in [-0.3, -0.25) is 9.59 Å². The molecule has 1 aromatic carbocycles. The summed E-state index contributed by atoms with van der Waals surface area (Å²) in [6, 6.07) is 6.05. The Labute approximate surface area is 129 Å². The predicted octanol–water partition coefficient (Wildman–Crippen LogP) is 1.61. The van der Waals surface area contributed by atoms with E-state index in [1.165, 1.54) is 7.11 Å². The molecule has 1 aromatic rings. The molecule has 6 heteroatoms. The molecule has 0 fully saturated rings. The lowest BCUT2D eigenvalue weighted by Crippen LogP contribution is -2.42. The number of benzene rings is 1. The van der Waals surface area contributed by atoms with Gasteiger partial charge in [-0.05, 0) is 17.7 Å². The molecule has 0 bridgehead atoms. The van der Waals surface area contributed by atoms with Crippen LogP contribution in [0, 0.1) is 0 Å². The SMILES string of the molecule is CCC(=O)N[C@@H](Cc1ccc(OC(=O)CC)cc1)C(=O)OC. The summed E-state index contributed by atoms with van der Waals surface area (Å²) in [5, 5.41) is 2.62. The van der Waals surface area contributed by atoms with Gasteiger partial charge in [-0.2, -0.15) is 0 Å². The van der Waals surface area contributed by atoms with Gasteiger partial charge in [0.2, 0.25) is 5.91 Å². The molecule has 0 aliphatic heterocycles. The lowest BCUT2D eigenvalue weighted by atomic mass is 10.1. The molecule has 6 nitrogen and oxygen atoms in total. The first kappa shape index (κ1) is 17.7. The summed E-state index contributed by atoms with van der Waals surface area (Å²) in [5.41, 5.74) is 0.822. The quantitative estimate of drug-likeness (QED) is 0.611. The first-order valence-corrected chi connectivity index (χ1v) is 7.16. The van der Waals surface area contributed by atoms with E-state index < -0.39 is 12.0 Å². The number of amides is 1. The average Bonchev–Trinajstić information content (AvgIpc) is 2.54. The highest BCUT2D eigenvalue weighted by Crippen LogP contribution is 2.14. The number of carbonyl (C=O) groups excluding carboxylic acids is 3. The van der Waals surface area contributed by atoms with Crippen molar-refractivity contribution < 1.29 is 23.9 Å². The van der Waals surface area contributed by atoms with Crippen molar-refractivity contribution in [1.82, 2.24) is 5.32 Å². The van der Waals surface area contributed by atoms with Crippen LogP contribution >= 0.6 is 0 Å². The van der Waals surface area contributed by atoms with Crippen LogP contribution < -0.4 is 10.1 Å². The van der Waals surface area contributed by atoms with Crippen LogP contribution in [0.4, 0.5) is 0 Å². The van der Waals surface area contributed by atoms with Crippen molar-refractivity contribution in [2.45, 2.75) is 39.2 Å². The van der Waals surface area contributed by atoms with Crippen molar-refractivity contribution in [2.24, 2.45) is 0 Å². The molecule has 1 amide bonds. The molecule has 0 spiro atoms. The van der Waals surface area contributed by atoms with Crippen molar-refractivity contribution in [2.75, 3.05) is 7.11 Å². The van der Waals surface area contributed by atoms with E-state index in [1.807, 2.05) is 0 Å². The number of hydrogen-bond donors (Lipinski definition) is 1. The lowest BCUT2D eigenvalue weighted by molar-refractivity contribution is -0.145. The summed E-state index contributed by atoms with van der Waals surface area (Å²) < 4.78 is 9.77. The van der Waals surface area contributed by atoms with Crippen LogP contribution in [0.25, 0.3) is 0 Å². The van der Waals surface area contributed by atoms with Crippen LogP contribution in [-0.4, -0.2) is 31.0 Å². The maximum atomic E-state index is 11.7. The van der Waals surface area contributed by atoms with Crippen LogP contribution in [0.15, 0.2) is 24.3 Å². The van der Waals surface area contributed by atoms with E-state index in [4.69, 9.17) is 9.47 Å². The van der Waals surface area contributed by atoms with Crippen LogP contribution in [0.1, 0.15) is 32.3 Å². The summed E-state index contributed by atoms with van der Waals surface area (Å²) in [6.45, 7) is 3.43. The Bertz CT molecular complexity index is 524. The first-order chi connectivity index (χ1) is 10.5. The van der Waals surface area contributed by atoms with Gasteiger partial charge >= 0.3 is 11.9 Å². The third-order valence-electron chi connectivity index (χ3n) is 3.03. The fourth-order valence-electron chi connectivity index (χ4n) is 1.76. The molecule has 22 heavy (non-hydrogen) atoms. The van der Waals surface area contributed by atoms with Crippen LogP contribution in [0.2, 0.25) is 0 Å². The van der Waals surface area contributed by atoms with E-state index in [-0.39, 0.29) is 11.9 Å². The van der Waals surface area contributed by atoms with Gasteiger partial charge in [0.1, 0.15) is 11.8 Å². The summed E-state index contributed by atoms with van der Waals surface area (Å²) in [4.78, 5) is 34.4. The molecule has 1 N–H and O–H groups in total. The molecule has 0 saturated heterocycles. The van der Waals surface area contributed by atoms with Crippen molar-refractivity contribution in [3.8, 4) is 5.75 Å². The Morgan fingerprint density at radius 1 is 1.09 bits per heavy atom. The van der Waals surface area contributed by atoms with Gasteiger partial charge in [0.15, 0.2) is 0 Å². The summed E-state index contributed by atoms with van der Waals surface area (Å²) in [5.74, 6) is -0.578. The minimum Gasteiger partial charge on any atom is -0.467 e. The predicted molar refractivity (Wildman–Crippen MR) is 80.3 cm³/mol. The van der Waals surface area contributed by atoms with Crippen LogP contribution in [0.5, 0.6) is 5.75 Å². The van der Waals surface area contributed by atoms with E-state index in [1.54, 1.807) is 38.1 Å². The minimum atomic E-state index is -0.735. The summed E-state index contributed by atoms with van der Waals surface area (Å²) >= 11 is 0. The zero-order valence-electron chi connectivity index (χ0n) is 13.0. The minimum absolute atomic E-state index is 0.219. The Hall–Kier alpha value is -2.37. The second kappa shape index (κ2) is 8.81. The number of carbonyl (C=O) groups is 3. The molecule has 1 atom stereocenters. The van der Waals surface area contributed by atoms with Crippen LogP contribution in [-0.2, 0) is 25.5 Å². The molecular weight excluding hydrogens is 286 g/mol. The highest BCUT2D eigenvalue weighted by atomic mass is 16.5. The van der Waals surface area contributed by atoms with Gasteiger partial charge < -0.3 is 14.8 Å². The lowest BCUT2D eigenvalue weighted by Gasteiger charge is -2.16. The Morgan fingerprint density at radius 3 is 2.23 bits per heavy atom. The van der Waals surface area contributed by atoms with Crippen LogP contribution in [0.3, 0.4) is 0 Å². The van der Waals surface area contributed by atoms with Crippen molar-refractivity contribution >= 4 is 17.8 Å². The number of ether oxygens (including phenoxy) is 2. The maximum Gasteiger partial charge on any atom is 0.328 e. The number of methoxy groups -OCH3 is 1. The first-order valence-electron chi connectivity index (χ1n) is 7.16. The monoisotopic (exact) mass is 307 g/mol. The second-order valence-electron chi connectivity index (χ2n) is 4.67. The van der Waals surface area contributed by atoms with Crippen molar-refractivity contribution in [3.05, 3.63) is 29.8 Å². The van der Waals surface area contributed by atoms with E-state index >= 15 is 0 Å². The zero-order valence-corrected chi connectivity index (χ0v) is 13.0. The number of esters is 2. The van der Waals surface area contributed by atoms with Gasteiger partial charge in [0.05, 0.1) is 7.11 Å².